The summed E-state index contributed by atoms with van der Waals surface area (Å²) in [5.74, 6) is 1.61. The zero-order valence-corrected chi connectivity index (χ0v) is 12.4. The molecule has 1 fully saturated rings. The van der Waals surface area contributed by atoms with E-state index < -0.39 is 5.60 Å². The van der Waals surface area contributed by atoms with Gasteiger partial charge < -0.3 is 14.5 Å². The van der Waals surface area contributed by atoms with Gasteiger partial charge in [0.15, 0.2) is 0 Å². The van der Waals surface area contributed by atoms with Gasteiger partial charge in [0, 0.05) is 12.5 Å². The van der Waals surface area contributed by atoms with Crippen molar-refractivity contribution in [2.24, 2.45) is 5.92 Å². The number of hydrogen-bond acceptors (Lipinski definition) is 5. The average Bonchev–Trinajstić information content (AvgIpc) is 2.89. The van der Waals surface area contributed by atoms with Crippen LogP contribution in [0.2, 0.25) is 0 Å². The fourth-order valence-electron chi connectivity index (χ4n) is 2.51. The van der Waals surface area contributed by atoms with E-state index in [4.69, 9.17) is 9.15 Å². The Morgan fingerprint density at radius 3 is 2.65 bits per heavy atom. The predicted molar refractivity (Wildman–Crippen MR) is 73.2 cm³/mol. The van der Waals surface area contributed by atoms with E-state index in [0.717, 1.165) is 31.6 Å². The van der Waals surface area contributed by atoms with E-state index in [1.165, 1.54) is 6.39 Å². The van der Waals surface area contributed by atoms with Crippen molar-refractivity contribution in [3.8, 4) is 0 Å². The van der Waals surface area contributed by atoms with Crippen LogP contribution in [0, 0.1) is 5.92 Å². The first kappa shape index (κ1) is 14.8. The molecule has 20 heavy (non-hydrogen) atoms. The highest BCUT2D eigenvalue weighted by atomic mass is 16.6. The van der Waals surface area contributed by atoms with Crippen LogP contribution < -0.4 is 5.32 Å². The molecular formula is C14H23N3O3. The van der Waals surface area contributed by atoms with E-state index in [-0.39, 0.29) is 6.09 Å². The molecule has 0 aromatic carbocycles. The number of carbonyl (C=O) groups is 1. The summed E-state index contributed by atoms with van der Waals surface area (Å²) < 4.78 is 10.5. The van der Waals surface area contributed by atoms with Crippen molar-refractivity contribution >= 4 is 6.09 Å². The number of alkyl carbamates (subject to hydrolysis) is 1. The predicted octanol–water partition coefficient (Wildman–Crippen LogP) is 2.87. The Labute approximate surface area is 119 Å². The molecular weight excluding hydrogens is 258 g/mol. The molecule has 1 aromatic rings. The first-order valence-corrected chi connectivity index (χ1v) is 7.17. The number of hydrogen-bond donors (Lipinski definition) is 1. The minimum atomic E-state index is -0.445. The smallest absolute Gasteiger partial charge is 0.407 e. The lowest BCUT2D eigenvalue weighted by atomic mass is 9.82. The zero-order chi connectivity index (χ0) is 14.6. The highest BCUT2D eigenvalue weighted by Gasteiger charge is 2.26. The second-order valence-corrected chi connectivity index (χ2v) is 6.38. The molecule has 1 aliphatic carbocycles. The summed E-state index contributed by atoms with van der Waals surface area (Å²) >= 11 is 0. The van der Waals surface area contributed by atoms with Crippen molar-refractivity contribution in [1.82, 2.24) is 15.5 Å². The molecule has 1 aromatic heterocycles. The van der Waals surface area contributed by atoms with Crippen molar-refractivity contribution in [2.75, 3.05) is 6.54 Å². The highest BCUT2D eigenvalue weighted by Crippen LogP contribution is 2.34. The van der Waals surface area contributed by atoms with Gasteiger partial charge in [-0.3, -0.25) is 0 Å². The molecule has 0 bridgehead atoms. The molecule has 6 heteroatoms. The summed E-state index contributed by atoms with van der Waals surface area (Å²) in [4.78, 5) is 11.6. The summed E-state index contributed by atoms with van der Waals surface area (Å²) in [6, 6.07) is 0. The van der Waals surface area contributed by atoms with Gasteiger partial charge in [-0.25, -0.2) is 4.79 Å². The van der Waals surface area contributed by atoms with Crippen LogP contribution in [0.1, 0.15) is 58.3 Å². The maximum Gasteiger partial charge on any atom is 0.407 e. The fourth-order valence-corrected chi connectivity index (χ4v) is 2.51. The lowest BCUT2D eigenvalue weighted by Gasteiger charge is -2.27. The van der Waals surface area contributed by atoms with Gasteiger partial charge in [-0.15, -0.1) is 10.2 Å². The minimum absolute atomic E-state index is 0.337. The number of rotatable bonds is 3. The number of nitrogens with zero attached hydrogens (tertiary/aromatic N) is 2. The summed E-state index contributed by atoms with van der Waals surface area (Å²) in [7, 11) is 0. The Morgan fingerprint density at radius 1 is 1.40 bits per heavy atom. The van der Waals surface area contributed by atoms with Crippen molar-refractivity contribution < 1.29 is 13.9 Å². The van der Waals surface area contributed by atoms with Gasteiger partial charge in [-0.05, 0) is 52.4 Å². The molecule has 112 valence electrons. The Hall–Kier alpha value is -1.59. The quantitative estimate of drug-likeness (QED) is 0.921. The lowest BCUT2D eigenvalue weighted by Crippen LogP contribution is -2.36. The van der Waals surface area contributed by atoms with Crippen molar-refractivity contribution in [3.05, 3.63) is 12.3 Å². The van der Waals surface area contributed by atoms with E-state index in [2.05, 4.69) is 15.5 Å². The van der Waals surface area contributed by atoms with Gasteiger partial charge in [0.1, 0.15) is 5.60 Å². The topological polar surface area (TPSA) is 77.2 Å². The second-order valence-electron chi connectivity index (χ2n) is 6.38. The number of nitrogens with one attached hydrogen (secondary N) is 1. The molecule has 2 rings (SSSR count). The monoisotopic (exact) mass is 281 g/mol. The van der Waals surface area contributed by atoms with Gasteiger partial charge in [-0.1, -0.05) is 0 Å². The van der Waals surface area contributed by atoms with Gasteiger partial charge in [0.2, 0.25) is 12.3 Å². The van der Waals surface area contributed by atoms with Crippen LogP contribution >= 0.6 is 0 Å². The summed E-state index contributed by atoms with van der Waals surface area (Å²) in [6.45, 7) is 6.26. The maximum atomic E-state index is 11.6. The number of aromatic nitrogens is 2. The molecule has 0 saturated heterocycles. The van der Waals surface area contributed by atoms with E-state index in [0.29, 0.717) is 18.4 Å². The van der Waals surface area contributed by atoms with Crippen molar-refractivity contribution in [3.63, 3.8) is 0 Å². The number of amides is 1. The van der Waals surface area contributed by atoms with E-state index >= 15 is 0 Å². The first-order chi connectivity index (χ1) is 9.44. The molecule has 1 heterocycles. The van der Waals surface area contributed by atoms with Crippen LogP contribution in [0.4, 0.5) is 4.79 Å². The Kier molecular flexibility index (Phi) is 4.62. The summed E-state index contributed by atoms with van der Waals surface area (Å²) in [5, 5.41) is 10.5. The standard InChI is InChI=1S/C14H23N3O3/c1-14(2,3)20-13(18)15-8-10-4-6-11(7-5-10)12-17-16-9-19-12/h9-11H,4-8H2,1-3H3,(H,15,18)/t10-,11-. The van der Waals surface area contributed by atoms with Crippen LogP contribution in [0.15, 0.2) is 10.8 Å². The average molecular weight is 281 g/mol. The largest absolute Gasteiger partial charge is 0.444 e. The van der Waals surface area contributed by atoms with Crippen LogP contribution in [-0.4, -0.2) is 28.4 Å². The Bertz CT molecular complexity index is 417. The molecule has 6 nitrogen and oxygen atoms in total. The molecule has 0 atom stereocenters. The van der Waals surface area contributed by atoms with Crippen LogP contribution in [0.5, 0.6) is 0 Å². The Morgan fingerprint density at radius 2 is 2.10 bits per heavy atom. The van der Waals surface area contributed by atoms with Crippen molar-refractivity contribution in [2.45, 2.75) is 58.0 Å². The zero-order valence-electron chi connectivity index (χ0n) is 12.4. The Balaban J connectivity index is 1.68. The maximum absolute atomic E-state index is 11.6. The van der Waals surface area contributed by atoms with Crippen molar-refractivity contribution in [1.29, 1.82) is 0 Å². The molecule has 1 amide bonds. The second kappa shape index (κ2) is 6.24. The summed E-state index contributed by atoms with van der Waals surface area (Å²) in [5.41, 5.74) is -0.445. The third kappa shape index (κ3) is 4.51. The van der Waals surface area contributed by atoms with Gasteiger partial charge in [0.05, 0.1) is 0 Å². The third-order valence-corrected chi connectivity index (χ3v) is 3.51. The van der Waals surface area contributed by atoms with Gasteiger partial charge in [0.25, 0.3) is 0 Å². The summed E-state index contributed by atoms with van der Waals surface area (Å²) in [6.07, 6.45) is 5.22. The van der Waals surface area contributed by atoms with E-state index in [1.807, 2.05) is 20.8 Å². The third-order valence-electron chi connectivity index (χ3n) is 3.51. The van der Waals surface area contributed by atoms with Crippen LogP contribution in [0.25, 0.3) is 0 Å². The SMILES string of the molecule is CC(C)(C)OC(=O)NC[C@H]1CC[C@H](c2nnco2)CC1. The number of carbonyl (C=O) groups excluding carboxylic acids is 1. The normalized spacial score (nSPS) is 23.4. The molecule has 0 aliphatic heterocycles. The molecule has 1 saturated carbocycles. The first-order valence-electron chi connectivity index (χ1n) is 7.17. The molecule has 1 aliphatic rings. The fraction of sp³-hybridized carbons (Fsp3) is 0.786. The van der Waals surface area contributed by atoms with Crippen LogP contribution in [0.3, 0.4) is 0 Å². The van der Waals surface area contributed by atoms with Crippen LogP contribution in [-0.2, 0) is 4.74 Å². The molecule has 0 radical (unpaired) electrons. The van der Waals surface area contributed by atoms with E-state index in [1.54, 1.807) is 0 Å². The van der Waals surface area contributed by atoms with E-state index in [9.17, 15) is 4.79 Å². The molecule has 0 unspecified atom stereocenters. The minimum Gasteiger partial charge on any atom is -0.444 e. The lowest BCUT2D eigenvalue weighted by molar-refractivity contribution is 0.0514. The number of ether oxygens (including phenoxy) is 1. The van der Waals surface area contributed by atoms with Gasteiger partial charge >= 0.3 is 6.09 Å². The molecule has 0 spiro atoms. The highest BCUT2D eigenvalue weighted by molar-refractivity contribution is 5.67. The molecule has 1 N–H and O–H groups in total. The van der Waals surface area contributed by atoms with Gasteiger partial charge in [-0.2, -0.15) is 0 Å².